The van der Waals surface area contributed by atoms with Crippen LogP contribution in [-0.4, -0.2) is 15.3 Å². The molecule has 2 heterocycles. The molecule has 2 aromatic heterocycles. The summed E-state index contributed by atoms with van der Waals surface area (Å²) >= 11 is 6.19. The number of carbonyl (C=O) groups is 1. The number of pyridine rings is 2. The van der Waals surface area contributed by atoms with Crippen LogP contribution in [0.4, 0.5) is 4.39 Å². The van der Waals surface area contributed by atoms with Crippen molar-refractivity contribution in [2.75, 3.05) is 0 Å². The topological polar surface area (TPSA) is 52.0 Å². The fourth-order valence-corrected chi connectivity index (χ4v) is 3.46. The number of hydrogen-bond donors (Lipinski definition) is 0. The third-order valence-corrected chi connectivity index (χ3v) is 5.09. The second kappa shape index (κ2) is 7.60. The molecule has 0 aliphatic rings. The average molecular weight is 407 g/mol. The first-order valence-corrected chi connectivity index (χ1v) is 9.37. The van der Waals surface area contributed by atoms with Gasteiger partial charge in [0.2, 0.25) is 5.43 Å². The lowest BCUT2D eigenvalue weighted by Crippen LogP contribution is -2.21. The van der Waals surface area contributed by atoms with Gasteiger partial charge in [-0.1, -0.05) is 48.0 Å². The van der Waals surface area contributed by atoms with Crippen LogP contribution in [0.1, 0.15) is 27.2 Å². The Kier molecular flexibility index (Phi) is 4.99. The van der Waals surface area contributed by atoms with E-state index in [4.69, 9.17) is 11.6 Å². The molecular formula is C23H16ClFN2O2. The van der Waals surface area contributed by atoms with Crippen LogP contribution in [-0.2, 0) is 6.54 Å². The smallest absolute Gasteiger partial charge is 0.202 e. The van der Waals surface area contributed by atoms with Crippen LogP contribution in [0.5, 0.6) is 0 Å². The number of ketones is 1. The van der Waals surface area contributed by atoms with E-state index in [9.17, 15) is 14.0 Å². The van der Waals surface area contributed by atoms with Crippen LogP contribution >= 0.6 is 11.6 Å². The summed E-state index contributed by atoms with van der Waals surface area (Å²) in [5, 5.41) is 0.560. The van der Waals surface area contributed by atoms with E-state index in [1.54, 1.807) is 60.0 Å². The number of fused-ring (bicyclic) bond motifs is 1. The van der Waals surface area contributed by atoms with Crippen LogP contribution in [0.3, 0.4) is 0 Å². The second-order valence-electron chi connectivity index (χ2n) is 6.72. The van der Waals surface area contributed by atoms with Gasteiger partial charge in [-0.05, 0) is 31.2 Å². The zero-order chi connectivity index (χ0) is 20.5. The molecular weight excluding hydrogens is 391 g/mol. The first kappa shape index (κ1) is 19.0. The molecule has 0 spiro atoms. The van der Waals surface area contributed by atoms with E-state index in [0.29, 0.717) is 22.3 Å². The third kappa shape index (κ3) is 3.57. The zero-order valence-corrected chi connectivity index (χ0v) is 16.3. The Balaban J connectivity index is 1.95. The molecule has 4 aromatic rings. The number of aryl methyl sites for hydroxylation is 1. The molecule has 4 nitrogen and oxygen atoms in total. The largest absolute Gasteiger partial charge is 0.327 e. The summed E-state index contributed by atoms with van der Waals surface area (Å²) in [6.07, 6.45) is 1.44. The molecule has 4 rings (SSSR count). The molecule has 0 aliphatic carbocycles. The minimum atomic E-state index is -0.465. The molecule has 0 amide bonds. The van der Waals surface area contributed by atoms with Gasteiger partial charge in [0.1, 0.15) is 11.5 Å². The average Bonchev–Trinajstić information content (AvgIpc) is 2.72. The van der Waals surface area contributed by atoms with E-state index in [-0.39, 0.29) is 22.7 Å². The molecule has 0 bridgehead atoms. The SMILES string of the molecule is Cc1ccc2c(=O)c(C(=O)c3ccccc3)cn(Cc3c(F)cccc3Cl)c2n1. The molecule has 0 atom stereocenters. The van der Waals surface area contributed by atoms with Crippen LogP contribution in [0, 0.1) is 12.7 Å². The summed E-state index contributed by atoms with van der Waals surface area (Å²) in [5.41, 5.74) is 1.34. The van der Waals surface area contributed by atoms with Crippen molar-refractivity contribution < 1.29 is 9.18 Å². The summed E-state index contributed by atoms with van der Waals surface area (Å²) < 4.78 is 16.0. The predicted octanol–water partition coefficient (Wildman–Crippen LogP) is 4.78. The highest BCUT2D eigenvalue weighted by Crippen LogP contribution is 2.22. The van der Waals surface area contributed by atoms with E-state index < -0.39 is 17.0 Å². The highest BCUT2D eigenvalue weighted by molar-refractivity contribution is 6.31. The Morgan fingerprint density at radius 1 is 1.07 bits per heavy atom. The monoisotopic (exact) mass is 406 g/mol. The first-order valence-electron chi connectivity index (χ1n) is 8.99. The summed E-state index contributed by atoms with van der Waals surface area (Å²) in [4.78, 5) is 30.5. The van der Waals surface area contributed by atoms with Gasteiger partial charge in [0.05, 0.1) is 17.5 Å². The Morgan fingerprint density at radius 3 is 2.55 bits per heavy atom. The van der Waals surface area contributed by atoms with Gasteiger partial charge >= 0.3 is 0 Å². The van der Waals surface area contributed by atoms with Crippen molar-refractivity contribution in [2.24, 2.45) is 0 Å². The lowest BCUT2D eigenvalue weighted by Gasteiger charge is -2.14. The number of rotatable bonds is 4. The second-order valence-corrected chi connectivity index (χ2v) is 7.13. The number of benzene rings is 2. The Bertz CT molecular complexity index is 1280. The maximum absolute atomic E-state index is 14.4. The fraction of sp³-hybridized carbons (Fsp3) is 0.0870. The van der Waals surface area contributed by atoms with Gasteiger partial charge in [0.15, 0.2) is 5.78 Å². The molecule has 0 unspecified atom stereocenters. The molecule has 0 saturated carbocycles. The van der Waals surface area contributed by atoms with E-state index in [1.807, 2.05) is 0 Å². The Morgan fingerprint density at radius 2 is 1.83 bits per heavy atom. The van der Waals surface area contributed by atoms with Crippen LogP contribution in [0.2, 0.25) is 5.02 Å². The number of halogens is 2. The summed E-state index contributed by atoms with van der Waals surface area (Å²) in [5.74, 6) is -0.862. The maximum Gasteiger partial charge on any atom is 0.202 e. The van der Waals surface area contributed by atoms with Gasteiger partial charge in [-0.25, -0.2) is 9.37 Å². The number of carbonyl (C=O) groups excluding carboxylic acids is 1. The van der Waals surface area contributed by atoms with E-state index in [0.717, 1.165) is 0 Å². The molecule has 29 heavy (non-hydrogen) atoms. The highest BCUT2D eigenvalue weighted by Gasteiger charge is 2.19. The number of hydrogen-bond acceptors (Lipinski definition) is 3. The fourth-order valence-electron chi connectivity index (χ4n) is 3.24. The Hall–Kier alpha value is -3.31. The van der Waals surface area contributed by atoms with Crippen LogP contribution < -0.4 is 5.43 Å². The molecule has 0 fully saturated rings. The van der Waals surface area contributed by atoms with Crippen molar-refractivity contribution >= 4 is 28.4 Å². The van der Waals surface area contributed by atoms with Crippen molar-refractivity contribution in [1.82, 2.24) is 9.55 Å². The Labute approximate surface area is 171 Å². The normalized spacial score (nSPS) is 11.0. The van der Waals surface area contributed by atoms with E-state index >= 15 is 0 Å². The standard InChI is InChI=1S/C23H16ClFN2O2/c1-14-10-11-16-22(29)18(21(28)15-6-3-2-4-7-15)13-27(23(16)26-14)12-17-19(24)8-5-9-20(17)25/h2-11,13H,12H2,1H3. The molecule has 144 valence electrons. The van der Waals surface area contributed by atoms with Crippen LogP contribution in [0.15, 0.2) is 71.7 Å². The molecule has 0 radical (unpaired) electrons. The van der Waals surface area contributed by atoms with Gasteiger partial charge in [-0.3, -0.25) is 9.59 Å². The van der Waals surface area contributed by atoms with E-state index in [1.165, 1.54) is 18.3 Å². The third-order valence-electron chi connectivity index (χ3n) is 4.73. The van der Waals surface area contributed by atoms with Crippen molar-refractivity contribution in [2.45, 2.75) is 13.5 Å². The lowest BCUT2D eigenvalue weighted by molar-refractivity contribution is 0.103. The van der Waals surface area contributed by atoms with Crippen molar-refractivity contribution in [1.29, 1.82) is 0 Å². The maximum atomic E-state index is 14.4. The van der Waals surface area contributed by atoms with Gasteiger partial charge < -0.3 is 4.57 Å². The molecule has 0 aliphatic heterocycles. The van der Waals surface area contributed by atoms with Gasteiger partial charge in [0.25, 0.3) is 0 Å². The lowest BCUT2D eigenvalue weighted by atomic mass is 10.0. The van der Waals surface area contributed by atoms with Crippen molar-refractivity contribution in [3.8, 4) is 0 Å². The van der Waals surface area contributed by atoms with Gasteiger partial charge in [-0.2, -0.15) is 0 Å². The molecule has 6 heteroatoms. The van der Waals surface area contributed by atoms with Gasteiger partial charge in [0, 0.05) is 28.0 Å². The zero-order valence-electron chi connectivity index (χ0n) is 15.5. The minimum Gasteiger partial charge on any atom is -0.327 e. The molecule has 2 aromatic carbocycles. The van der Waals surface area contributed by atoms with Crippen LogP contribution in [0.25, 0.3) is 11.0 Å². The predicted molar refractivity (Wildman–Crippen MR) is 111 cm³/mol. The summed E-state index contributed by atoms with van der Waals surface area (Å²) in [6.45, 7) is 1.83. The van der Waals surface area contributed by atoms with E-state index in [2.05, 4.69) is 4.98 Å². The summed E-state index contributed by atoms with van der Waals surface area (Å²) in [6, 6.07) is 16.4. The molecule has 0 N–H and O–H groups in total. The quantitative estimate of drug-likeness (QED) is 0.458. The number of nitrogens with zero attached hydrogens (tertiary/aromatic N) is 2. The van der Waals surface area contributed by atoms with Gasteiger partial charge in [-0.15, -0.1) is 0 Å². The first-order chi connectivity index (χ1) is 14.0. The van der Waals surface area contributed by atoms with Crippen molar-refractivity contribution in [3.05, 3.63) is 110 Å². The van der Waals surface area contributed by atoms with Crippen molar-refractivity contribution in [3.63, 3.8) is 0 Å². The summed E-state index contributed by atoms with van der Waals surface area (Å²) in [7, 11) is 0. The number of aromatic nitrogens is 2. The minimum absolute atomic E-state index is 0.00168. The molecule has 0 saturated heterocycles. The highest BCUT2D eigenvalue weighted by atomic mass is 35.5.